The number of hydrogen-bond acceptors (Lipinski definition) is 4. The Morgan fingerprint density at radius 2 is 2.33 bits per heavy atom. The predicted octanol–water partition coefficient (Wildman–Crippen LogP) is 1.37. The van der Waals surface area contributed by atoms with E-state index in [9.17, 15) is 4.79 Å². The van der Waals surface area contributed by atoms with Crippen molar-refractivity contribution in [2.24, 2.45) is 0 Å². The first kappa shape index (κ1) is 14.8. The molecule has 110 valence electrons. The van der Waals surface area contributed by atoms with Crippen molar-refractivity contribution in [3.63, 3.8) is 0 Å². The number of aliphatic hydroxyl groups is 1. The molecule has 0 aliphatic rings. The minimum Gasteiger partial charge on any atom is -0.392 e. The van der Waals surface area contributed by atoms with Crippen LogP contribution in [0.2, 0.25) is 0 Å². The molecular weight excluding hydrogens is 268 g/mol. The molecule has 0 fully saturated rings. The number of aromatic nitrogens is 2. The maximum absolute atomic E-state index is 12.1. The van der Waals surface area contributed by atoms with Gasteiger partial charge in [0, 0.05) is 17.5 Å². The summed E-state index contributed by atoms with van der Waals surface area (Å²) < 4.78 is 0. The number of benzene rings is 1. The lowest BCUT2D eigenvalue weighted by Crippen LogP contribution is -2.25. The molecule has 0 unspecified atom stereocenters. The van der Waals surface area contributed by atoms with Crippen LogP contribution >= 0.6 is 0 Å². The second kappa shape index (κ2) is 6.71. The first-order valence-corrected chi connectivity index (χ1v) is 6.60. The molecule has 0 atom stereocenters. The number of carbonyl (C=O) groups is 1. The van der Waals surface area contributed by atoms with Crippen LogP contribution in [-0.2, 0) is 0 Å². The summed E-state index contributed by atoms with van der Waals surface area (Å²) in [6, 6.07) is 5.20. The number of nitrogen functional groups attached to an aromatic ring is 1. The minimum atomic E-state index is -0.186. The SMILES string of the molecule is C/C=C(\C=C/CO)CNC(=O)c1ccc2[nH]nc(N)c2c1. The van der Waals surface area contributed by atoms with Gasteiger partial charge < -0.3 is 16.2 Å². The number of nitrogens with two attached hydrogens (primary N) is 1. The van der Waals surface area contributed by atoms with Crippen LogP contribution in [0.3, 0.4) is 0 Å². The highest BCUT2D eigenvalue weighted by Gasteiger charge is 2.09. The van der Waals surface area contributed by atoms with Crippen LogP contribution in [0.4, 0.5) is 5.82 Å². The van der Waals surface area contributed by atoms with E-state index in [1.165, 1.54) is 0 Å². The number of fused-ring (bicyclic) bond motifs is 1. The summed E-state index contributed by atoms with van der Waals surface area (Å²) in [5.41, 5.74) is 7.97. The van der Waals surface area contributed by atoms with Gasteiger partial charge in [-0.15, -0.1) is 0 Å². The fraction of sp³-hybridized carbons (Fsp3) is 0.200. The molecule has 0 radical (unpaired) electrons. The van der Waals surface area contributed by atoms with E-state index in [4.69, 9.17) is 10.8 Å². The van der Waals surface area contributed by atoms with E-state index in [1.54, 1.807) is 30.4 Å². The smallest absolute Gasteiger partial charge is 0.251 e. The average Bonchev–Trinajstić information content (AvgIpc) is 2.88. The van der Waals surface area contributed by atoms with Crippen molar-refractivity contribution < 1.29 is 9.90 Å². The molecule has 1 aromatic heterocycles. The van der Waals surface area contributed by atoms with E-state index in [2.05, 4.69) is 15.5 Å². The molecule has 1 heterocycles. The van der Waals surface area contributed by atoms with E-state index in [-0.39, 0.29) is 12.5 Å². The van der Waals surface area contributed by atoms with E-state index in [1.807, 2.05) is 13.0 Å². The third-order valence-electron chi connectivity index (χ3n) is 3.12. The van der Waals surface area contributed by atoms with Crippen LogP contribution < -0.4 is 11.1 Å². The highest BCUT2D eigenvalue weighted by atomic mass is 16.2. The number of amides is 1. The predicted molar refractivity (Wildman–Crippen MR) is 82.8 cm³/mol. The summed E-state index contributed by atoms with van der Waals surface area (Å²) >= 11 is 0. The van der Waals surface area contributed by atoms with Crippen LogP contribution in [0.15, 0.2) is 42.0 Å². The molecule has 2 aromatic rings. The van der Waals surface area contributed by atoms with E-state index in [0.717, 1.165) is 16.5 Å². The fourth-order valence-electron chi connectivity index (χ4n) is 1.92. The Hall–Kier alpha value is -2.60. The first-order chi connectivity index (χ1) is 10.2. The number of aromatic amines is 1. The molecule has 6 heteroatoms. The van der Waals surface area contributed by atoms with Gasteiger partial charge in [-0.05, 0) is 30.7 Å². The molecule has 21 heavy (non-hydrogen) atoms. The molecule has 0 bridgehead atoms. The van der Waals surface area contributed by atoms with Gasteiger partial charge in [-0.3, -0.25) is 9.89 Å². The van der Waals surface area contributed by atoms with Crippen LogP contribution in [0.25, 0.3) is 10.9 Å². The average molecular weight is 286 g/mol. The van der Waals surface area contributed by atoms with Crippen LogP contribution in [0.5, 0.6) is 0 Å². The molecule has 0 saturated carbocycles. The van der Waals surface area contributed by atoms with Crippen molar-refractivity contribution >= 4 is 22.6 Å². The standard InChI is InChI=1S/C15H18N4O2/c1-2-10(4-3-7-20)9-17-15(21)11-5-6-13-12(8-11)14(16)19-18-13/h2-6,8,20H,7,9H2,1H3,(H,17,21)(H3,16,18,19)/b4-3-,10-2+. The lowest BCUT2D eigenvalue weighted by molar-refractivity contribution is 0.0957. The lowest BCUT2D eigenvalue weighted by atomic mass is 10.1. The normalized spacial score (nSPS) is 12.2. The van der Waals surface area contributed by atoms with E-state index in [0.29, 0.717) is 17.9 Å². The van der Waals surface area contributed by atoms with Gasteiger partial charge in [0.05, 0.1) is 12.1 Å². The lowest BCUT2D eigenvalue weighted by Gasteiger charge is -2.06. The molecule has 6 nitrogen and oxygen atoms in total. The van der Waals surface area contributed by atoms with Gasteiger partial charge in [-0.2, -0.15) is 5.10 Å². The molecule has 1 amide bonds. The highest BCUT2D eigenvalue weighted by molar-refractivity contribution is 6.00. The summed E-state index contributed by atoms with van der Waals surface area (Å²) in [5.74, 6) is 0.189. The van der Waals surface area contributed by atoms with Crippen LogP contribution in [0.1, 0.15) is 17.3 Å². The summed E-state index contributed by atoms with van der Waals surface area (Å²) in [6.45, 7) is 2.24. The molecular formula is C15H18N4O2. The Balaban J connectivity index is 2.08. The van der Waals surface area contributed by atoms with Crippen LogP contribution in [-0.4, -0.2) is 34.4 Å². The summed E-state index contributed by atoms with van der Waals surface area (Å²) in [5, 5.41) is 19.0. The van der Waals surface area contributed by atoms with Gasteiger partial charge in [-0.25, -0.2) is 0 Å². The zero-order valence-electron chi connectivity index (χ0n) is 11.8. The quantitative estimate of drug-likeness (QED) is 0.623. The van der Waals surface area contributed by atoms with Crippen molar-refractivity contribution in [1.82, 2.24) is 15.5 Å². The van der Waals surface area contributed by atoms with Gasteiger partial charge in [0.25, 0.3) is 5.91 Å². The number of nitrogens with one attached hydrogen (secondary N) is 2. The summed E-state index contributed by atoms with van der Waals surface area (Å²) in [6.07, 6.45) is 5.28. The van der Waals surface area contributed by atoms with Gasteiger partial charge in [0.2, 0.25) is 0 Å². The van der Waals surface area contributed by atoms with Gasteiger partial charge in [0.1, 0.15) is 0 Å². The van der Waals surface area contributed by atoms with Crippen molar-refractivity contribution in [2.75, 3.05) is 18.9 Å². The number of carbonyl (C=O) groups excluding carboxylic acids is 1. The highest BCUT2D eigenvalue weighted by Crippen LogP contribution is 2.19. The van der Waals surface area contributed by atoms with Crippen molar-refractivity contribution in [3.05, 3.63) is 47.6 Å². The first-order valence-electron chi connectivity index (χ1n) is 6.60. The third kappa shape index (κ3) is 3.49. The van der Waals surface area contributed by atoms with E-state index >= 15 is 0 Å². The minimum absolute atomic E-state index is 0.0261. The van der Waals surface area contributed by atoms with Crippen molar-refractivity contribution in [1.29, 1.82) is 0 Å². The fourth-order valence-corrected chi connectivity index (χ4v) is 1.92. The number of H-pyrrole nitrogens is 1. The third-order valence-corrected chi connectivity index (χ3v) is 3.12. The Labute approximate surface area is 122 Å². The number of allylic oxidation sites excluding steroid dienone is 1. The maximum Gasteiger partial charge on any atom is 0.251 e. The second-order valence-corrected chi connectivity index (χ2v) is 4.50. The number of anilines is 1. The van der Waals surface area contributed by atoms with Gasteiger partial charge >= 0.3 is 0 Å². The van der Waals surface area contributed by atoms with Crippen molar-refractivity contribution in [2.45, 2.75) is 6.92 Å². The zero-order valence-corrected chi connectivity index (χ0v) is 11.8. The zero-order chi connectivity index (χ0) is 15.2. The molecule has 1 aromatic carbocycles. The Kier molecular flexibility index (Phi) is 4.73. The molecule has 0 spiro atoms. The van der Waals surface area contributed by atoms with Gasteiger partial charge in [-0.1, -0.05) is 18.2 Å². The van der Waals surface area contributed by atoms with Crippen LogP contribution in [0, 0.1) is 0 Å². The van der Waals surface area contributed by atoms with Gasteiger partial charge in [0.15, 0.2) is 5.82 Å². The maximum atomic E-state index is 12.1. The number of hydrogen-bond donors (Lipinski definition) is 4. The molecule has 5 N–H and O–H groups in total. The number of nitrogens with zero attached hydrogens (tertiary/aromatic N) is 1. The Morgan fingerprint density at radius 3 is 3.05 bits per heavy atom. The number of rotatable bonds is 5. The monoisotopic (exact) mass is 286 g/mol. The second-order valence-electron chi connectivity index (χ2n) is 4.50. The largest absolute Gasteiger partial charge is 0.392 e. The molecule has 0 aliphatic carbocycles. The molecule has 2 rings (SSSR count). The van der Waals surface area contributed by atoms with E-state index < -0.39 is 0 Å². The number of aliphatic hydroxyl groups excluding tert-OH is 1. The summed E-state index contributed by atoms with van der Waals surface area (Å²) in [4.78, 5) is 12.1. The Bertz CT molecular complexity index is 701. The Morgan fingerprint density at radius 1 is 1.52 bits per heavy atom. The molecule has 0 aliphatic heterocycles. The molecule has 0 saturated heterocycles. The topological polar surface area (TPSA) is 104 Å². The summed E-state index contributed by atoms with van der Waals surface area (Å²) in [7, 11) is 0. The van der Waals surface area contributed by atoms with Crippen molar-refractivity contribution in [3.8, 4) is 0 Å².